The molecule has 0 radical (unpaired) electrons. The van der Waals surface area contributed by atoms with Crippen LogP contribution in [0, 0.1) is 0 Å². The van der Waals surface area contributed by atoms with Crippen LogP contribution in [0.3, 0.4) is 0 Å². The molecule has 0 saturated carbocycles. The molecule has 3 aromatic carbocycles. The second kappa shape index (κ2) is 8.53. The number of thioether (sulfide) groups is 1. The number of hydrogen-bond acceptors (Lipinski definition) is 6. The average molecular weight is 430 g/mol. The molecule has 1 aromatic heterocycles. The number of fused-ring (bicyclic) bond motifs is 2. The number of ether oxygens (including phenoxy) is 2. The Morgan fingerprint density at radius 2 is 1.94 bits per heavy atom. The predicted octanol–water partition coefficient (Wildman–Crippen LogP) is 4.35. The largest absolute Gasteiger partial charge is 0.454 e. The summed E-state index contributed by atoms with van der Waals surface area (Å²) in [4.78, 5) is 20.2. The maximum Gasteiger partial charge on any atom is 0.271 e. The fourth-order valence-electron chi connectivity index (χ4n) is 3.13. The van der Waals surface area contributed by atoms with E-state index < -0.39 is 0 Å². The number of H-pyrrole nitrogens is 1. The highest BCUT2D eigenvalue weighted by atomic mass is 32.2. The maximum absolute atomic E-state index is 12.3. The number of aromatic nitrogens is 2. The lowest BCUT2D eigenvalue weighted by atomic mass is 10.1. The topological polar surface area (TPSA) is 88.6 Å². The first-order valence-electron chi connectivity index (χ1n) is 9.64. The Morgan fingerprint density at radius 3 is 2.81 bits per heavy atom. The van der Waals surface area contributed by atoms with E-state index in [1.54, 1.807) is 30.1 Å². The minimum absolute atomic E-state index is 0.222. The van der Waals surface area contributed by atoms with E-state index in [-0.39, 0.29) is 12.7 Å². The van der Waals surface area contributed by atoms with Gasteiger partial charge in [0.25, 0.3) is 5.91 Å². The fraction of sp³-hybridized carbons (Fsp3) is 0.0870. The third-order valence-electron chi connectivity index (χ3n) is 4.74. The molecule has 0 aliphatic carbocycles. The number of carbonyl (C=O) groups excluding carboxylic acids is 1. The molecule has 5 rings (SSSR count). The average Bonchev–Trinajstić information content (AvgIpc) is 3.44. The van der Waals surface area contributed by atoms with Crippen molar-refractivity contribution in [1.82, 2.24) is 15.4 Å². The van der Waals surface area contributed by atoms with Gasteiger partial charge in [-0.15, -0.1) is 0 Å². The highest BCUT2D eigenvalue weighted by Gasteiger charge is 2.12. The van der Waals surface area contributed by atoms with Gasteiger partial charge in [0.2, 0.25) is 6.79 Å². The van der Waals surface area contributed by atoms with Crippen molar-refractivity contribution in [2.45, 2.75) is 10.9 Å². The summed E-state index contributed by atoms with van der Waals surface area (Å²) in [6.45, 7) is 0.222. The van der Waals surface area contributed by atoms with Gasteiger partial charge in [-0.1, -0.05) is 36.0 Å². The van der Waals surface area contributed by atoms with Gasteiger partial charge in [0.05, 0.1) is 17.2 Å². The third kappa shape index (κ3) is 4.39. The maximum atomic E-state index is 12.3. The summed E-state index contributed by atoms with van der Waals surface area (Å²) >= 11 is 1.62. The normalized spacial score (nSPS) is 12.5. The van der Waals surface area contributed by atoms with Crippen molar-refractivity contribution in [2.24, 2.45) is 5.10 Å². The second-order valence-corrected chi connectivity index (χ2v) is 7.82. The molecular formula is C23H18N4O3S. The predicted molar refractivity (Wildman–Crippen MR) is 120 cm³/mol. The summed E-state index contributed by atoms with van der Waals surface area (Å²) in [6, 6.07) is 20.9. The first-order chi connectivity index (χ1) is 15.2. The van der Waals surface area contributed by atoms with Crippen LogP contribution in [0.5, 0.6) is 11.5 Å². The number of carbonyl (C=O) groups is 1. The lowest BCUT2D eigenvalue weighted by Gasteiger charge is -2.03. The van der Waals surface area contributed by atoms with E-state index in [2.05, 4.69) is 20.5 Å². The molecule has 0 bridgehead atoms. The number of aromatic amines is 1. The molecule has 8 heteroatoms. The first kappa shape index (κ1) is 19.2. The minimum Gasteiger partial charge on any atom is -0.454 e. The number of imidazole rings is 1. The van der Waals surface area contributed by atoms with Crippen LogP contribution in [0.1, 0.15) is 21.5 Å². The van der Waals surface area contributed by atoms with Crippen molar-refractivity contribution in [2.75, 3.05) is 6.79 Å². The van der Waals surface area contributed by atoms with Crippen LogP contribution in [0.2, 0.25) is 0 Å². The molecule has 1 aliphatic rings. The highest BCUT2D eigenvalue weighted by molar-refractivity contribution is 7.98. The van der Waals surface area contributed by atoms with Crippen LogP contribution in [0.15, 0.2) is 77.0 Å². The smallest absolute Gasteiger partial charge is 0.271 e. The van der Waals surface area contributed by atoms with Gasteiger partial charge in [-0.05, 0) is 53.6 Å². The molecular weight excluding hydrogens is 412 g/mol. The van der Waals surface area contributed by atoms with Gasteiger partial charge in [0.1, 0.15) is 0 Å². The van der Waals surface area contributed by atoms with Crippen molar-refractivity contribution < 1.29 is 14.3 Å². The Labute approximate surface area is 182 Å². The third-order valence-corrected chi connectivity index (χ3v) is 5.68. The van der Waals surface area contributed by atoms with Crippen molar-refractivity contribution in [3.8, 4) is 11.5 Å². The van der Waals surface area contributed by atoms with Crippen LogP contribution < -0.4 is 14.9 Å². The molecule has 0 saturated heterocycles. The summed E-state index contributed by atoms with van der Waals surface area (Å²) in [5, 5.41) is 4.90. The lowest BCUT2D eigenvalue weighted by Crippen LogP contribution is -2.17. The molecule has 7 nitrogen and oxygen atoms in total. The van der Waals surface area contributed by atoms with Gasteiger partial charge < -0.3 is 14.5 Å². The van der Waals surface area contributed by atoms with Crippen LogP contribution in [-0.2, 0) is 5.75 Å². The van der Waals surface area contributed by atoms with E-state index in [0.717, 1.165) is 33.1 Å². The zero-order valence-corrected chi connectivity index (χ0v) is 17.2. The Hall–Kier alpha value is -3.78. The Bertz CT molecular complexity index is 1230. The van der Waals surface area contributed by atoms with E-state index in [4.69, 9.17) is 9.47 Å². The minimum atomic E-state index is -0.270. The van der Waals surface area contributed by atoms with Gasteiger partial charge in [-0.2, -0.15) is 5.10 Å². The summed E-state index contributed by atoms with van der Waals surface area (Å²) in [5.74, 6) is 1.86. The zero-order valence-electron chi connectivity index (χ0n) is 16.4. The Kier molecular flexibility index (Phi) is 5.28. The highest BCUT2D eigenvalue weighted by Crippen LogP contribution is 2.32. The molecule has 0 fully saturated rings. The number of para-hydroxylation sites is 2. The monoisotopic (exact) mass is 430 g/mol. The summed E-state index contributed by atoms with van der Waals surface area (Å²) in [5.41, 5.74) is 6.98. The fourth-order valence-corrected chi connectivity index (χ4v) is 3.97. The summed E-state index contributed by atoms with van der Waals surface area (Å²) in [7, 11) is 0. The standard InChI is InChI=1S/C23H18N4O3S/c28-22(27-24-12-16-7-10-20-21(11-16)30-14-29-20)17-8-5-15(6-9-17)13-31-23-25-18-3-1-2-4-19(18)26-23/h1-12H,13-14H2,(H,25,26)(H,27,28)/b24-12-. The van der Waals surface area contributed by atoms with Crippen LogP contribution >= 0.6 is 11.8 Å². The van der Waals surface area contributed by atoms with Crippen LogP contribution in [0.4, 0.5) is 0 Å². The first-order valence-corrected chi connectivity index (χ1v) is 10.6. The van der Waals surface area contributed by atoms with E-state index in [1.807, 2.05) is 54.6 Å². The summed E-state index contributed by atoms with van der Waals surface area (Å²) in [6.07, 6.45) is 1.57. The molecule has 2 heterocycles. The van der Waals surface area contributed by atoms with Gasteiger partial charge in [-0.3, -0.25) is 4.79 Å². The lowest BCUT2D eigenvalue weighted by molar-refractivity contribution is 0.0955. The van der Waals surface area contributed by atoms with Gasteiger partial charge in [0, 0.05) is 11.3 Å². The zero-order chi connectivity index (χ0) is 21.0. The van der Waals surface area contributed by atoms with Crippen LogP contribution in [-0.4, -0.2) is 28.9 Å². The second-order valence-electron chi connectivity index (χ2n) is 6.86. The summed E-state index contributed by atoms with van der Waals surface area (Å²) < 4.78 is 10.6. The van der Waals surface area contributed by atoms with E-state index in [9.17, 15) is 4.79 Å². The molecule has 1 aliphatic heterocycles. The molecule has 31 heavy (non-hydrogen) atoms. The van der Waals surface area contributed by atoms with Gasteiger partial charge >= 0.3 is 0 Å². The van der Waals surface area contributed by atoms with Crippen molar-refractivity contribution in [3.05, 3.63) is 83.4 Å². The molecule has 0 atom stereocenters. The number of nitrogens with zero attached hydrogens (tertiary/aromatic N) is 2. The molecule has 154 valence electrons. The number of benzene rings is 3. The number of amides is 1. The number of rotatable bonds is 6. The van der Waals surface area contributed by atoms with Crippen LogP contribution in [0.25, 0.3) is 11.0 Å². The molecule has 0 spiro atoms. The van der Waals surface area contributed by atoms with E-state index >= 15 is 0 Å². The quantitative estimate of drug-likeness (QED) is 0.270. The Morgan fingerprint density at radius 1 is 1.10 bits per heavy atom. The van der Waals surface area contributed by atoms with Gasteiger partial charge in [0.15, 0.2) is 16.7 Å². The number of hydrogen-bond donors (Lipinski definition) is 2. The molecule has 2 N–H and O–H groups in total. The van der Waals surface area contributed by atoms with Crippen molar-refractivity contribution in [3.63, 3.8) is 0 Å². The SMILES string of the molecule is O=C(N/N=C\c1ccc2c(c1)OCO2)c1ccc(CSc2nc3ccccc3[nH]2)cc1. The van der Waals surface area contributed by atoms with Crippen molar-refractivity contribution >= 4 is 34.9 Å². The molecule has 1 amide bonds. The van der Waals surface area contributed by atoms with E-state index in [0.29, 0.717) is 17.1 Å². The van der Waals surface area contributed by atoms with E-state index in [1.165, 1.54) is 0 Å². The molecule has 0 unspecified atom stereocenters. The van der Waals surface area contributed by atoms with Crippen molar-refractivity contribution in [1.29, 1.82) is 0 Å². The molecule has 4 aromatic rings. The number of nitrogens with one attached hydrogen (secondary N) is 2. The Balaban J connectivity index is 1.16. The number of hydrazone groups is 1. The van der Waals surface area contributed by atoms with Gasteiger partial charge in [-0.25, -0.2) is 10.4 Å².